The fourth-order valence-corrected chi connectivity index (χ4v) is 3.29. The number of thiophene rings is 1. The fraction of sp³-hybridized carbons (Fsp3) is 0.267. The highest BCUT2D eigenvalue weighted by Crippen LogP contribution is 2.30. The molecule has 23 heavy (non-hydrogen) atoms. The summed E-state index contributed by atoms with van der Waals surface area (Å²) in [5.41, 5.74) is 6.52. The van der Waals surface area contributed by atoms with Crippen LogP contribution in [0.5, 0.6) is 5.75 Å². The first-order valence-electron chi connectivity index (χ1n) is 6.62. The summed E-state index contributed by atoms with van der Waals surface area (Å²) < 4.78 is 5.95. The third-order valence-corrected chi connectivity index (χ3v) is 4.74. The average molecular weight is 396 g/mol. The number of carbonyl (C=O) groups is 1. The van der Waals surface area contributed by atoms with Gasteiger partial charge in [-0.1, -0.05) is 23.2 Å². The molecule has 8 heteroatoms. The predicted molar refractivity (Wildman–Crippen MR) is 99.4 cm³/mol. The molecule has 0 aliphatic carbocycles. The number of hydrogen-bond donors (Lipinski definition) is 1. The molecule has 0 aliphatic heterocycles. The highest BCUT2D eigenvalue weighted by molar-refractivity contribution is 7.16. The minimum Gasteiger partial charge on any atom is -0.496 e. The smallest absolute Gasteiger partial charge is 0.257 e. The van der Waals surface area contributed by atoms with E-state index in [2.05, 4.69) is 0 Å². The molecule has 0 saturated heterocycles. The van der Waals surface area contributed by atoms with E-state index in [1.807, 2.05) is 19.1 Å². The van der Waals surface area contributed by atoms with Gasteiger partial charge in [0.05, 0.1) is 34.3 Å². The van der Waals surface area contributed by atoms with Gasteiger partial charge in [0.25, 0.3) is 5.91 Å². The standard InChI is InChI=1S/C15H16Cl2N2O2S.ClH/c1-3-19(8-9-4-5-14(17)22-9)15(20)10-6-11(16)12(18)7-13(10)21-2;/h4-7H,3,8,18H2,1-2H3;1H. The first-order chi connectivity index (χ1) is 10.5. The van der Waals surface area contributed by atoms with E-state index in [4.69, 9.17) is 33.7 Å². The molecule has 4 nitrogen and oxygen atoms in total. The van der Waals surface area contributed by atoms with E-state index in [1.165, 1.54) is 18.4 Å². The van der Waals surface area contributed by atoms with Gasteiger partial charge < -0.3 is 15.4 Å². The third-order valence-electron chi connectivity index (χ3n) is 3.19. The number of amides is 1. The van der Waals surface area contributed by atoms with E-state index in [9.17, 15) is 4.79 Å². The quantitative estimate of drug-likeness (QED) is 0.745. The summed E-state index contributed by atoms with van der Waals surface area (Å²) in [6.07, 6.45) is 0. The molecular weight excluding hydrogens is 379 g/mol. The SMILES string of the molecule is CCN(Cc1ccc(Cl)s1)C(=O)c1cc(Cl)c(N)cc1OC.Cl. The van der Waals surface area contributed by atoms with E-state index in [1.54, 1.807) is 17.0 Å². The van der Waals surface area contributed by atoms with Crippen LogP contribution in [-0.2, 0) is 6.54 Å². The van der Waals surface area contributed by atoms with Gasteiger partial charge in [-0.05, 0) is 25.1 Å². The molecule has 0 spiro atoms. The summed E-state index contributed by atoms with van der Waals surface area (Å²) in [7, 11) is 1.49. The van der Waals surface area contributed by atoms with Gasteiger partial charge in [0.15, 0.2) is 0 Å². The zero-order valence-electron chi connectivity index (χ0n) is 12.6. The second-order valence-corrected chi connectivity index (χ2v) is 6.81. The summed E-state index contributed by atoms with van der Waals surface area (Å²) in [6, 6.07) is 6.84. The van der Waals surface area contributed by atoms with Crippen LogP contribution in [0, 0.1) is 0 Å². The molecule has 0 aliphatic rings. The summed E-state index contributed by atoms with van der Waals surface area (Å²) in [6.45, 7) is 2.95. The number of benzene rings is 1. The zero-order valence-corrected chi connectivity index (χ0v) is 15.8. The Morgan fingerprint density at radius 2 is 2.04 bits per heavy atom. The maximum absolute atomic E-state index is 12.7. The lowest BCUT2D eigenvalue weighted by Gasteiger charge is -2.21. The van der Waals surface area contributed by atoms with Gasteiger partial charge in [-0.3, -0.25) is 4.79 Å². The lowest BCUT2D eigenvalue weighted by atomic mass is 10.1. The van der Waals surface area contributed by atoms with Crippen molar-refractivity contribution in [2.24, 2.45) is 0 Å². The normalized spacial score (nSPS) is 10.1. The van der Waals surface area contributed by atoms with Crippen LogP contribution in [0.1, 0.15) is 22.2 Å². The number of rotatable bonds is 5. The van der Waals surface area contributed by atoms with Crippen molar-refractivity contribution in [2.45, 2.75) is 13.5 Å². The fourth-order valence-electron chi connectivity index (χ4n) is 2.03. The molecule has 1 amide bonds. The number of hydrogen-bond acceptors (Lipinski definition) is 4. The van der Waals surface area contributed by atoms with Crippen LogP contribution in [0.2, 0.25) is 9.36 Å². The maximum atomic E-state index is 12.7. The molecule has 2 rings (SSSR count). The minimum absolute atomic E-state index is 0. The molecule has 1 aromatic carbocycles. The van der Waals surface area contributed by atoms with Gasteiger partial charge >= 0.3 is 0 Å². The van der Waals surface area contributed by atoms with Crippen molar-refractivity contribution in [1.82, 2.24) is 4.90 Å². The predicted octanol–water partition coefficient (Wildman–Crippen LogP) is 4.73. The average Bonchev–Trinajstić information content (AvgIpc) is 2.91. The molecule has 1 heterocycles. The highest BCUT2D eigenvalue weighted by Gasteiger charge is 2.21. The van der Waals surface area contributed by atoms with Crippen LogP contribution in [0.25, 0.3) is 0 Å². The molecule has 2 N–H and O–H groups in total. The van der Waals surface area contributed by atoms with Crippen molar-refractivity contribution in [3.63, 3.8) is 0 Å². The van der Waals surface area contributed by atoms with Crippen LogP contribution in [0.4, 0.5) is 5.69 Å². The van der Waals surface area contributed by atoms with Crippen LogP contribution in [0.15, 0.2) is 24.3 Å². The van der Waals surface area contributed by atoms with Gasteiger partial charge in [-0.15, -0.1) is 23.7 Å². The van der Waals surface area contributed by atoms with Crippen LogP contribution < -0.4 is 10.5 Å². The van der Waals surface area contributed by atoms with Gasteiger partial charge in [-0.2, -0.15) is 0 Å². The Labute approximate surface area is 155 Å². The molecule has 0 unspecified atom stereocenters. The van der Waals surface area contributed by atoms with Gasteiger partial charge in [0.2, 0.25) is 0 Å². The Hall–Kier alpha value is -1.14. The zero-order chi connectivity index (χ0) is 16.3. The minimum atomic E-state index is -0.161. The number of anilines is 1. The van der Waals surface area contributed by atoms with E-state index >= 15 is 0 Å². The van der Waals surface area contributed by atoms with E-state index in [0.717, 1.165) is 4.88 Å². The summed E-state index contributed by atoms with van der Waals surface area (Å²) in [5.74, 6) is 0.250. The first kappa shape index (κ1) is 19.9. The molecule has 0 radical (unpaired) electrons. The van der Waals surface area contributed by atoms with Crippen molar-refractivity contribution in [1.29, 1.82) is 0 Å². The summed E-state index contributed by atoms with van der Waals surface area (Å²) in [5, 5.41) is 0.333. The number of nitrogens with zero attached hydrogens (tertiary/aromatic N) is 1. The Morgan fingerprint density at radius 1 is 1.35 bits per heavy atom. The second kappa shape index (κ2) is 8.64. The second-order valence-electron chi connectivity index (χ2n) is 4.60. The Balaban J connectivity index is 0.00000264. The Kier molecular flexibility index (Phi) is 7.48. The third kappa shape index (κ3) is 4.67. The molecule has 0 fully saturated rings. The summed E-state index contributed by atoms with van der Waals surface area (Å²) in [4.78, 5) is 15.5. The van der Waals surface area contributed by atoms with Crippen LogP contribution in [-0.4, -0.2) is 24.5 Å². The molecule has 2 aromatic rings. The number of ether oxygens (including phenoxy) is 1. The molecule has 0 atom stereocenters. The Bertz CT molecular complexity index is 691. The molecule has 126 valence electrons. The van der Waals surface area contributed by atoms with Crippen molar-refractivity contribution >= 4 is 58.5 Å². The lowest BCUT2D eigenvalue weighted by molar-refractivity contribution is 0.0751. The van der Waals surface area contributed by atoms with Crippen molar-refractivity contribution in [3.05, 3.63) is 44.1 Å². The highest BCUT2D eigenvalue weighted by atomic mass is 35.5. The Morgan fingerprint density at radius 3 is 2.57 bits per heavy atom. The maximum Gasteiger partial charge on any atom is 0.257 e. The number of nitrogens with two attached hydrogens (primary N) is 1. The number of carbonyl (C=O) groups excluding carboxylic acids is 1. The first-order valence-corrected chi connectivity index (χ1v) is 8.20. The molecular formula is C15H17Cl3N2O2S. The van der Waals surface area contributed by atoms with Gasteiger partial charge in [-0.25, -0.2) is 0 Å². The van der Waals surface area contributed by atoms with E-state index in [-0.39, 0.29) is 18.3 Å². The summed E-state index contributed by atoms with van der Waals surface area (Å²) >= 11 is 13.4. The molecule has 0 bridgehead atoms. The van der Waals surface area contributed by atoms with Crippen LogP contribution >= 0.6 is 46.9 Å². The molecule has 0 saturated carbocycles. The van der Waals surface area contributed by atoms with Gasteiger partial charge in [0.1, 0.15) is 5.75 Å². The van der Waals surface area contributed by atoms with Crippen molar-refractivity contribution < 1.29 is 9.53 Å². The van der Waals surface area contributed by atoms with Crippen molar-refractivity contribution in [3.8, 4) is 5.75 Å². The van der Waals surface area contributed by atoms with Crippen LogP contribution in [0.3, 0.4) is 0 Å². The largest absolute Gasteiger partial charge is 0.496 e. The van der Waals surface area contributed by atoms with Gasteiger partial charge in [0, 0.05) is 17.5 Å². The van der Waals surface area contributed by atoms with E-state index in [0.29, 0.717) is 39.4 Å². The topological polar surface area (TPSA) is 55.6 Å². The monoisotopic (exact) mass is 394 g/mol. The van der Waals surface area contributed by atoms with E-state index < -0.39 is 0 Å². The number of halogens is 3. The number of methoxy groups -OCH3 is 1. The van der Waals surface area contributed by atoms with Crippen molar-refractivity contribution in [2.75, 3.05) is 19.4 Å². The number of nitrogen functional groups attached to an aromatic ring is 1. The lowest BCUT2D eigenvalue weighted by Crippen LogP contribution is -2.30. The molecule has 1 aromatic heterocycles.